The average Bonchev–Trinajstić information content (AvgIpc) is 2.02. The van der Waals surface area contributed by atoms with Crippen LogP contribution in [0.3, 0.4) is 0 Å². The van der Waals surface area contributed by atoms with Crippen molar-refractivity contribution in [1.29, 1.82) is 0 Å². The van der Waals surface area contributed by atoms with E-state index in [2.05, 4.69) is 18.7 Å². The van der Waals surface area contributed by atoms with Crippen molar-refractivity contribution < 1.29 is 4.79 Å². The monoisotopic (exact) mass is 191 g/mol. The summed E-state index contributed by atoms with van der Waals surface area (Å²) in [5, 5.41) is -0.220. The Bertz CT molecular complexity index is 128. The largest absolute Gasteiger partial charge is 0.304 e. The molecule has 2 nitrogen and oxygen atoms in total. The Morgan fingerprint density at radius 2 is 2.00 bits per heavy atom. The summed E-state index contributed by atoms with van der Waals surface area (Å²) in [5.41, 5.74) is 0. The first-order valence-corrected chi connectivity index (χ1v) is 4.99. The van der Waals surface area contributed by atoms with Crippen LogP contribution in [0.5, 0.6) is 0 Å². The summed E-state index contributed by atoms with van der Waals surface area (Å²) in [4.78, 5) is 12.8. The summed E-state index contributed by atoms with van der Waals surface area (Å²) in [7, 11) is 0. The van der Waals surface area contributed by atoms with Gasteiger partial charge in [-0.3, -0.25) is 4.79 Å². The highest BCUT2D eigenvalue weighted by Crippen LogP contribution is 1.99. The molecule has 0 saturated carbocycles. The molecule has 0 aromatic carbocycles. The van der Waals surface area contributed by atoms with Crippen molar-refractivity contribution in [2.75, 3.05) is 19.6 Å². The molecule has 12 heavy (non-hydrogen) atoms. The number of hydrogen-bond donors (Lipinski definition) is 0. The first kappa shape index (κ1) is 11.9. The number of nitrogens with zero attached hydrogens (tertiary/aromatic N) is 1. The molecule has 0 fully saturated rings. The summed E-state index contributed by atoms with van der Waals surface area (Å²) in [6.07, 6.45) is 2.56. The van der Waals surface area contributed by atoms with Crippen LogP contribution in [0.1, 0.15) is 33.1 Å². The summed E-state index contributed by atoms with van der Waals surface area (Å²) >= 11 is 5.22. The van der Waals surface area contributed by atoms with Gasteiger partial charge < -0.3 is 4.90 Å². The van der Waals surface area contributed by atoms with E-state index in [0.29, 0.717) is 6.42 Å². The van der Waals surface area contributed by atoms with Gasteiger partial charge >= 0.3 is 0 Å². The van der Waals surface area contributed by atoms with Crippen LogP contribution < -0.4 is 0 Å². The fourth-order valence-corrected chi connectivity index (χ4v) is 1.32. The third kappa shape index (κ3) is 6.62. The smallest absolute Gasteiger partial charge is 0.221 e. The third-order valence-electron chi connectivity index (χ3n) is 1.83. The molecule has 0 bridgehead atoms. The van der Waals surface area contributed by atoms with E-state index >= 15 is 0 Å². The first-order chi connectivity index (χ1) is 5.70. The SMILES string of the molecule is CCCN(CC)CCCC(=O)Cl. The zero-order valence-corrected chi connectivity index (χ0v) is 8.73. The van der Waals surface area contributed by atoms with Gasteiger partial charge in [0, 0.05) is 6.42 Å². The maximum atomic E-state index is 10.4. The molecule has 72 valence electrons. The minimum atomic E-state index is -0.220. The van der Waals surface area contributed by atoms with E-state index in [4.69, 9.17) is 11.6 Å². The van der Waals surface area contributed by atoms with Gasteiger partial charge in [-0.05, 0) is 44.1 Å². The lowest BCUT2D eigenvalue weighted by molar-refractivity contribution is -0.111. The zero-order valence-electron chi connectivity index (χ0n) is 7.98. The Kier molecular flexibility index (Phi) is 7.51. The Morgan fingerprint density at radius 1 is 1.33 bits per heavy atom. The molecule has 0 aliphatic rings. The molecule has 3 heteroatoms. The van der Waals surface area contributed by atoms with Gasteiger partial charge in [0.25, 0.3) is 0 Å². The molecule has 0 radical (unpaired) electrons. The lowest BCUT2D eigenvalue weighted by Crippen LogP contribution is -2.25. The molecule has 0 aliphatic heterocycles. The highest BCUT2D eigenvalue weighted by atomic mass is 35.5. The van der Waals surface area contributed by atoms with E-state index in [9.17, 15) is 4.79 Å². The molecule has 0 heterocycles. The molecule has 0 aromatic rings. The molecule has 0 saturated heterocycles. The molecule has 0 amide bonds. The van der Waals surface area contributed by atoms with Crippen molar-refractivity contribution in [2.24, 2.45) is 0 Å². The molecule has 0 rings (SSSR count). The average molecular weight is 192 g/mol. The van der Waals surface area contributed by atoms with Gasteiger partial charge in [0.2, 0.25) is 5.24 Å². The van der Waals surface area contributed by atoms with Crippen molar-refractivity contribution in [3.05, 3.63) is 0 Å². The van der Waals surface area contributed by atoms with Crippen LogP contribution in [0.4, 0.5) is 0 Å². The predicted molar refractivity (Wildman–Crippen MR) is 52.5 cm³/mol. The Morgan fingerprint density at radius 3 is 2.42 bits per heavy atom. The standard InChI is InChI=1S/C9H18ClNO/c1-3-7-11(4-2)8-5-6-9(10)12/h3-8H2,1-2H3. The second kappa shape index (κ2) is 7.56. The molecule has 0 unspecified atom stereocenters. The Hall–Kier alpha value is -0.0800. The van der Waals surface area contributed by atoms with Gasteiger partial charge in [-0.1, -0.05) is 13.8 Å². The Balaban J connectivity index is 3.37. The van der Waals surface area contributed by atoms with E-state index in [-0.39, 0.29) is 5.24 Å². The maximum absolute atomic E-state index is 10.4. The van der Waals surface area contributed by atoms with Gasteiger partial charge in [-0.2, -0.15) is 0 Å². The minimum Gasteiger partial charge on any atom is -0.304 e. The van der Waals surface area contributed by atoms with Crippen molar-refractivity contribution >= 4 is 16.8 Å². The Labute approximate surface area is 79.9 Å². The van der Waals surface area contributed by atoms with Gasteiger partial charge in [-0.15, -0.1) is 0 Å². The molecule has 0 aromatic heterocycles. The molecular weight excluding hydrogens is 174 g/mol. The van der Waals surface area contributed by atoms with Crippen molar-refractivity contribution in [2.45, 2.75) is 33.1 Å². The van der Waals surface area contributed by atoms with Crippen LogP contribution in [0.2, 0.25) is 0 Å². The summed E-state index contributed by atoms with van der Waals surface area (Å²) in [6, 6.07) is 0. The third-order valence-corrected chi connectivity index (χ3v) is 2.02. The lowest BCUT2D eigenvalue weighted by atomic mass is 10.3. The summed E-state index contributed by atoms with van der Waals surface area (Å²) in [6.45, 7) is 7.47. The van der Waals surface area contributed by atoms with E-state index in [1.54, 1.807) is 0 Å². The second-order valence-electron chi connectivity index (χ2n) is 2.89. The molecular formula is C9H18ClNO. The number of rotatable bonds is 7. The van der Waals surface area contributed by atoms with E-state index in [1.807, 2.05) is 0 Å². The highest BCUT2D eigenvalue weighted by Gasteiger charge is 2.01. The van der Waals surface area contributed by atoms with Crippen LogP contribution in [-0.4, -0.2) is 29.8 Å². The fourth-order valence-electron chi connectivity index (χ4n) is 1.19. The first-order valence-electron chi connectivity index (χ1n) is 4.61. The van der Waals surface area contributed by atoms with Crippen LogP contribution >= 0.6 is 11.6 Å². The predicted octanol–water partition coefficient (Wildman–Crippen LogP) is 2.26. The topological polar surface area (TPSA) is 20.3 Å². The molecule has 0 N–H and O–H groups in total. The molecule has 0 spiro atoms. The number of carbonyl (C=O) groups is 1. The van der Waals surface area contributed by atoms with Gasteiger partial charge in [-0.25, -0.2) is 0 Å². The normalized spacial score (nSPS) is 10.7. The highest BCUT2D eigenvalue weighted by molar-refractivity contribution is 6.63. The lowest BCUT2D eigenvalue weighted by Gasteiger charge is -2.18. The van der Waals surface area contributed by atoms with E-state index in [0.717, 1.165) is 26.1 Å². The zero-order chi connectivity index (χ0) is 9.40. The van der Waals surface area contributed by atoms with Crippen molar-refractivity contribution in [3.8, 4) is 0 Å². The summed E-state index contributed by atoms with van der Waals surface area (Å²) in [5.74, 6) is 0. The summed E-state index contributed by atoms with van der Waals surface area (Å²) < 4.78 is 0. The van der Waals surface area contributed by atoms with E-state index < -0.39 is 0 Å². The van der Waals surface area contributed by atoms with Gasteiger partial charge in [0.1, 0.15) is 0 Å². The minimum absolute atomic E-state index is 0.220. The number of hydrogen-bond acceptors (Lipinski definition) is 2. The maximum Gasteiger partial charge on any atom is 0.221 e. The van der Waals surface area contributed by atoms with Crippen LogP contribution in [0, 0.1) is 0 Å². The number of carbonyl (C=O) groups excluding carboxylic acids is 1. The van der Waals surface area contributed by atoms with E-state index in [1.165, 1.54) is 6.42 Å². The fraction of sp³-hybridized carbons (Fsp3) is 0.889. The number of halogens is 1. The molecule has 0 aliphatic carbocycles. The van der Waals surface area contributed by atoms with Crippen LogP contribution in [0.15, 0.2) is 0 Å². The quantitative estimate of drug-likeness (QED) is 0.576. The second-order valence-corrected chi connectivity index (χ2v) is 3.31. The van der Waals surface area contributed by atoms with Crippen molar-refractivity contribution in [1.82, 2.24) is 4.90 Å². The van der Waals surface area contributed by atoms with Crippen LogP contribution in [-0.2, 0) is 4.79 Å². The van der Waals surface area contributed by atoms with Gasteiger partial charge in [0.05, 0.1) is 0 Å². The van der Waals surface area contributed by atoms with Crippen molar-refractivity contribution in [3.63, 3.8) is 0 Å². The van der Waals surface area contributed by atoms with Crippen LogP contribution in [0.25, 0.3) is 0 Å². The molecule has 0 atom stereocenters. The van der Waals surface area contributed by atoms with Gasteiger partial charge in [0.15, 0.2) is 0 Å².